The Hall–Kier alpha value is -1.92. The van der Waals surface area contributed by atoms with Gasteiger partial charge in [-0.25, -0.2) is 0 Å². The summed E-state index contributed by atoms with van der Waals surface area (Å²) in [7, 11) is 0. The first-order valence-corrected chi connectivity index (χ1v) is 26.8. The molecule has 0 bridgehead atoms. The number of hydrogen-bond donors (Lipinski definition) is 3. The zero-order valence-corrected chi connectivity index (χ0v) is 40.6. The number of aliphatic hydroxyl groups is 2. The number of carbonyl (C=O) groups is 2. The van der Waals surface area contributed by atoms with Gasteiger partial charge in [-0.2, -0.15) is 0 Å². The predicted octanol–water partition coefficient (Wildman–Crippen LogP) is 16.1. The summed E-state index contributed by atoms with van der Waals surface area (Å²) in [6, 6.07) is -0.635. The van der Waals surface area contributed by atoms with Crippen LogP contribution in [0, 0.1) is 0 Å². The summed E-state index contributed by atoms with van der Waals surface area (Å²) in [4.78, 5) is 24.4. The quantitative estimate of drug-likeness (QED) is 0.0322. The highest BCUT2D eigenvalue weighted by Gasteiger charge is 2.18. The first kappa shape index (κ1) is 59.1. The third-order valence-corrected chi connectivity index (χ3v) is 12.1. The van der Waals surface area contributed by atoms with Gasteiger partial charge in [0.05, 0.1) is 25.4 Å². The summed E-state index contributed by atoms with van der Waals surface area (Å²) in [5.74, 6) is -0.0929. The maximum absolute atomic E-state index is 12.4. The molecule has 0 fully saturated rings. The summed E-state index contributed by atoms with van der Waals surface area (Å²) >= 11 is 0. The van der Waals surface area contributed by atoms with Crippen molar-refractivity contribution in [1.29, 1.82) is 0 Å². The van der Waals surface area contributed by atoms with E-state index in [0.29, 0.717) is 19.4 Å². The van der Waals surface area contributed by atoms with E-state index in [1.165, 1.54) is 186 Å². The minimum Gasteiger partial charge on any atom is -0.466 e. The number of carbonyl (C=O) groups excluding carboxylic acids is 2. The van der Waals surface area contributed by atoms with Crippen LogP contribution in [0.1, 0.15) is 277 Å². The highest BCUT2D eigenvalue weighted by atomic mass is 16.5. The topological polar surface area (TPSA) is 95.9 Å². The van der Waals surface area contributed by atoms with Crippen LogP contribution in [-0.2, 0) is 14.3 Å². The average Bonchev–Trinajstić information content (AvgIpc) is 3.26. The van der Waals surface area contributed by atoms with E-state index in [9.17, 15) is 19.8 Å². The Kier molecular flexibility index (Phi) is 49.1. The molecule has 0 spiro atoms. The van der Waals surface area contributed by atoms with Crippen molar-refractivity contribution in [2.75, 3.05) is 13.2 Å². The molecule has 2 unspecified atom stereocenters. The molecule has 0 aromatic heterocycles. The van der Waals surface area contributed by atoms with Crippen LogP contribution in [0.15, 0.2) is 36.5 Å². The number of amides is 1. The van der Waals surface area contributed by atoms with E-state index in [1.807, 2.05) is 6.08 Å². The van der Waals surface area contributed by atoms with Crippen LogP contribution < -0.4 is 5.32 Å². The lowest BCUT2D eigenvalue weighted by molar-refractivity contribution is -0.143. The predicted molar refractivity (Wildman–Crippen MR) is 264 cm³/mol. The van der Waals surface area contributed by atoms with Gasteiger partial charge in [0.1, 0.15) is 0 Å². The second-order valence-corrected chi connectivity index (χ2v) is 18.2. The third-order valence-electron chi connectivity index (χ3n) is 12.1. The standard InChI is InChI=1S/C55H103NO5/c1-3-5-7-9-11-13-15-17-18-20-24-27-31-35-39-43-47-53(58)52(51-57)56-54(59)48-44-40-36-32-28-25-21-19-22-26-30-34-38-42-46-50-61-55(60)49-45-41-37-33-29-23-16-14-12-10-8-6-4-2/h8,10,14,16,43,47,52-53,57-58H,3-7,9,11-13,15,17-42,44-46,48-51H2,1-2H3,(H,56,59)/b10-8-,16-14-,47-43+. The summed E-state index contributed by atoms with van der Waals surface area (Å²) < 4.78 is 5.45. The van der Waals surface area contributed by atoms with Crippen LogP contribution >= 0.6 is 0 Å². The normalized spacial score (nSPS) is 12.9. The maximum atomic E-state index is 12.4. The number of aliphatic hydroxyl groups excluding tert-OH is 2. The van der Waals surface area contributed by atoms with Gasteiger partial charge >= 0.3 is 5.97 Å². The molecule has 6 heteroatoms. The Labute approximate surface area is 379 Å². The number of nitrogens with one attached hydrogen (secondary N) is 1. The molecule has 0 saturated carbocycles. The molecule has 358 valence electrons. The van der Waals surface area contributed by atoms with Crippen LogP contribution in [0.3, 0.4) is 0 Å². The molecule has 1 amide bonds. The molecular weight excluding hydrogens is 755 g/mol. The number of rotatable bonds is 49. The Balaban J connectivity index is 3.48. The third kappa shape index (κ3) is 47.4. The van der Waals surface area contributed by atoms with E-state index in [2.05, 4.69) is 43.5 Å². The molecule has 0 aliphatic carbocycles. The van der Waals surface area contributed by atoms with Crippen molar-refractivity contribution in [3.63, 3.8) is 0 Å². The van der Waals surface area contributed by atoms with Crippen molar-refractivity contribution in [2.24, 2.45) is 0 Å². The molecule has 0 saturated heterocycles. The number of hydrogen-bond acceptors (Lipinski definition) is 5. The molecule has 3 N–H and O–H groups in total. The Bertz CT molecular complexity index is 993. The smallest absolute Gasteiger partial charge is 0.305 e. The molecule has 61 heavy (non-hydrogen) atoms. The lowest BCUT2D eigenvalue weighted by Gasteiger charge is -2.20. The van der Waals surface area contributed by atoms with Crippen LogP contribution in [0.5, 0.6) is 0 Å². The van der Waals surface area contributed by atoms with E-state index >= 15 is 0 Å². The molecular formula is C55H103NO5. The van der Waals surface area contributed by atoms with Gasteiger partial charge in [0.25, 0.3) is 0 Å². The molecule has 0 rings (SSSR count). The van der Waals surface area contributed by atoms with Gasteiger partial charge in [-0.15, -0.1) is 0 Å². The minimum absolute atomic E-state index is 0.0162. The first-order valence-electron chi connectivity index (χ1n) is 26.8. The average molecular weight is 858 g/mol. The highest BCUT2D eigenvalue weighted by molar-refractivity contribution is 5.76. The molecule has 0 aromatic carbocycles. The van der Waals surface area contributed by atoms with E-state index in [-0.39, 0.29) is 18.5 Å². The van der Waals surface area contributed by atoms with Crippen molar-refractivity contribution >= 4 is 11.9 Å². The van der Waals surface area contributed by atoms with E-state index in [4.69, 9.17) is 4.74 Å². The first-order chi connectivity index (χ1) is 30.0. The molecule has 2 atom stereocenters. The zero-order chi connectivity index (χ0) is 44.4. The summed E-state index contributed by atoms with van der Waals surface area (Å²) in [6.07, 6.45) is 61.4. The highest BCUT2D eigenvalue weighted by Crippen LogP contribution is 2.16. The minimum atomic E-state index is -0.851. The summed E-state index contributed by atoms with van der Waals surface area (Å²) in [5, 5.41) is 23.1. The fourth-order valence-electron chi connectivity index (χ4n) is 8.02. The Morgan fingerprint density at radius 2 is 0.852 bits per heavy atom. The second-order valence-electron chi connectivity index (χ2n) is 18.2. The molecule has 0 aromatic rings. The van der Waals surface area contributed by atoms with Crippen molar-refractivity contribution in [3.8, 4) is 0 Å². The van der Waals surface area contributed by atoms with Crippen molar-refractivity contribution < 1.29 is 24.5 Å². The summed E-state index contributed by atoms with van der Waals surface area (Å²) in [5.41, 5.74) is 0. The number of ether oxygens (including phenoxy) is 1. The van der Waals surface area contributed by atoms with Crippen LogP contribution in [0.25, 0.3) is 0 Å². The second kappa shape index (κ2) is 50.7. The zero-order valence-electron chi connectivity index (χ0n) is 40.6. The number of esters is 1. The van der Waals surface area contributed by atoms with Crippen LogP contribution in [-0.4, -0.2) is 47.4 Å². The Morgan fingerprint density at radius 1 is 0.459 bits per heavy atom. The molecule has 0 aliphatic rings. The lowest BCUT2D eigenvalue weighted by atomic mass is 10.0. The van der Waals surface area contributed by atoms with E-state index < -0.39 is 12.1 Å². The van der Waals surface area contributed by atoms with Crippen LogP contribution in [0.4, 0.5) is 0 Å². The van der Waals surface area contributed by atoms with Crippen molar-refractivity contribution in [3.05, 3.63) is 36.5 Å². The van der Waals surface area contributed by atoms with Crippen molar-refractivity contribution in [2.45, 2.75) is 289 Å². The van der Waals surface area contributed by atoms with Gasteiger partial charge in [0, 0.05) is 12.8 Å². The van der Waals surface area contributed by atoms with Gasteiger partial charge in [-0.1, -0.05) is 243 Å². The van der Waals surface area contributed by atoms with Gasteiger partial charge in [-0.3, -0.25) is 9.59 Å². The molecule has 0 aliphatic heterocycles. The monoisotopic (exact) mass is 858 g/mol. The van der Waals surface area contributed by atoms with Crippen LogP contribution in [0.2, 0.25) is 0 Å². The fourth-order valence-corrected chi connectivity index (χ4v) is 8.02. The molecule has 0 radical (unpaired) electrons. The number of allylic oxidation sites excluding steroid dienone is 5. The van der Waals surface area contributed by atoms with E-state index in [0.717, 1.165) is 64.2 Å². The largest absolute Gasteiger partial charge is 0.466 e. The SMILES string of the molecule is CCC/C=C\C/C=C\CCCCCCCC(=O)OCCCCCCCCCCCCCCCCCC(=O)NC(CO)C(O)/C=C/CCCCCCCCCCCCCCCC. The van der Waals surface area contributed by atoms with Gasteiger partial charge in [0.15, 0.2) is 0 Å². The number of unbranched alkanes of at least 4 members (excludes halogenated alkanes) is 34. The van der Waals surface area contributed by atoms with Gasteiger partial charge in [-0.05, 0) is 57.8 Å². The Morgan fingerprint density at radius 3 is 1.31 bits per heavy atom. The van der Waals surface area contributed by atoms with Gasteiger partial charge < -0.3 is 20.3 Å². The van der Waals surface area contributed by atoms with E-state index in [1.54, 1.807) is 6.08 Å². The fraction of sp³-hybridized carbons (Fsp3) is 0.855. The maximum Gasteiger partial charge on any atom is 0.305 e. The van der Waals surface area contributed by atoms with Gasteiger partial charge in [0.2, 0.25) is 5.91 Å². The molecule has 6 nitrogen and oxygen atoms in total. The lowest BCUT2D eigenvalue weighted by Crippen LogP contribution is -2.45. The van der Waals surface area contributed by atoms with Crippen molar-refractivity contribution in [1.82, 2.24) is 5.32 Å². The molecule has 0 heterocycles. The summed E-state index contributed by atoms with van der Waals surface area (Å²) in [6.45, 7) is 4.82.